The minimum absolute atomic E-state index is 0.126. The van der Waals surface area contributed by atoms with Crippen LogP contribution in [-0.4, -0.2) is 11.9 Å². The van der Waals surface area contributed by atoms with Crippen molar-refractivity contribution in [1.82, 2.24) is 5.32 Å². The van der Waals surface area contributed by atoms with E-state index in [4.69, 9.17) is 5.26 Å². The van der Waals surface area contributed by atoms with E-state index in [1.807, 2.05) is 25.1 Å². The smallest absolute Gasteiger partial charge is 0.245 e. The number of amides is 1. The van der Waals surface area contributed by atoms with Gasteiger partial charge in [-0.2, -0.15) is 5.26 Å². The molecule has 1 atom stereocenters. The fourth-order valence-electron chi connectivity index (χ4n) is 1.71. The highest BCUT2D eigenvalue weighted by molar-refractivity contribution is 5.92. The molecule has 3 heteroatoms. The van der Waals surface area contributed by atoms with Crippen LogP contribution in [0.1, 0.15) is 45.2 Å². The first-order chi connectivity index (χ1) is 9.36. The molecule has 1 rings (SSSR count). The Hall–Kier alpha value is -2.08. The average Bonchev–Trinajstić information content (AvgIpc) is 2.42. The van der Waals surface area contributed by atoms with Crippen LogP contribution in [0.5, 0.6) is 0 Å². The second-order valence-corrected chi connectivity index (χ2v) is 5.80. The standard InChI is InChI=1S/C17H22N2O/c1-5-15(12-18)19-16(20)11-8-13-6-9-14(10-7-13)17(2,3)4/h6-11,15H,5H2,1-4H3,(H,19,20)/b11-8-/t15-/m0/s1. The van der Waals surface area contributed by atoms with Crippen LogP contribution in [0.4, 0.5) is 0 Å². The Morgan fingerprint density at radius 2 is 1.95 bits per heavy atom. The van der Waals surface area contributed by atoms with Gasteiger partial charge in [0.1, 0.15) is 6.04 Å². The summed E-state index contributed by atoms with van der Waals surface area (Å²) < 4.78 is 0. The molecule has 1 aromatic carbocycles. The summed E-state index contributed by atoms with van der Waals surface area (Å²) in [5.41, 5.74) is 2.36. The fraction of sp³-hybridized carbons (Fsp3) is 0.412. The average molecular weight is 270 g/mol. The van der Waals surface area contributed by atoms with E-state index in [0.717, 1.165) is 5.56 Å². The largest absolute Gasteiger partial charge is 0.337 e. The number of nitriles is 1. The normalized spacial score (nSPS) is 12.9. The van der Waals surface area contributed by atoms with Crippen molar-refractivity contribution in [3.8, 4) is 6.07 Å². The van der Waals surface area contributed by atoms with Crippen molar-refractivity contribution < 1.29 is 4.79 Å². The van der Waals surface area contributed by atoms with E-state index in [0.29, 0.717) is 6.42 Å². The zero-order valence-corrected chi connectivity index (χ0v) is 12.6. The van der Waals surface area contributed by atoms with Crippen molar-refractivity contribution in [2.75, 3.05) is 0 Å². The molecule has 0 saturated carbocycles. The molecule has 1 amide bonds. The molecule has 0 aromatic heterocycles. The van der Waals surface area contributed by atoms with Gasteiger partial charge in [-0.3, -0.25) is 4.79 Å². The molecule has 106 valence electrons. The molecule has 0 bridgehead atoms. The highest BCUT2D eigenvalue weighted by Gasteiger charge is 2.12. The summed E-state index contributed by atoms with van der Waals surface area (Å²) in [7, 11) is 0. The minimum atomic E-state index is -0.421. The summed E-state index contributed by atoms with van der Waals surface area (Å²) in [5.74, 6) is -0.238. The van der Waals surface area contributed by atoms with Crippen molar-refractivity contribution in [3.05, 3.63) is 41.5 Å². The monoisotopic (exact) mass is 270 g/mol. The quantitative estimate of drug-likeness (QED) is 0.852. The highest BCUT2D eigenvalue weighted by Crippen LogP contribution is 2.22. The number of rotatable bonds is 4. The Kier molecular flexibility index (Phi) is 5.52. The molecule has 0 aliphatic heterocycles. The van der Waals surface area contributed by atoms with Crippen LogP contribution in [0.3, 0.4) is 0 Å². The Balaban J connectivity index is 2.67. The van der Waals surface area contributed by atoms with Gasteiger partial charge in [-0.15, -0.1) is 0 Å². The first kappa shape index (κ1) is 16.0. The van der Waals surface area contributed by atoms with Crippen molar-refractivity contribution in [2.45, 2.75) is 45.6 Å². The van der Waals surface area contributed by atoms with E-state index in [2.05, 4.69) is 38.2 Å². The van der Waals surface area contributed by atoms with Crippen LogP contribution in [0.15, 0.2) is 30.3 Å². The van der Waals surface area contributed by atoms with E-state index >= 15 is 0 Å². The van der Waals surface area contributed by atoms with Crippen molar-refractivity contribution in [3.63, 3.8) is 0 Å². The third-order valence-corrected chi connectivity index (χ3v) is 3.08. The topological polar surface area (TPSA) is 52.9 Å². The zero-order chi connectivity index (χ0) is 15.2. The van der Waals surface area contributed by atoms with Gasteiger partial charge < -0.3 is 5.32 Å². The molecule has 0 saturated heterocycles. The SMILES string of the molecule is CC[C@@H](C#N)NC(=O)/C=C\c1ccc(C(C)(C)C)cc1. The Bertz CT molecular complexity index is 515. The van der Waals surface area contributed by atoms with Crippen LogP contribution in [-0.2, 0) is 10.2 Å². The second kappa shape index (κ2) is 6.91. The number of hydrogen-bond donors (Lipinski definition) is 1. The lowest BCUT2D eigenvalue weighted by Gasteiger charge is -2.18. The lowest BCUT2D eigenvalue weighted by Crippen LogP contribution is -2.31. The molecule has 1 N–H and O–H groups in total. The number of nitrogens with zero attached hydrogens (tertiary/aromatic N) is 1. The maximum Gasteiger partial charge on any atom is 0.245 e. The van der Waals surface area contributed by atoms with E-state index in [1.165, 1.54) is 11.6 Å². The maximum absolute atomic E-state index is 11.6. The second-order valence-electron chi connectivity index (χ2n) is 5.80. The maximum atomic E-state index is 11.6. The van der Waals surface area contributed by atoms with E-state index < -0.39 is 6.04 Å². The van der Waals surface area contributed by atoms with Gasteiger partial charge in [0.05, 0.1) is 6.07 Å². The Labute approximate surface area is 121 Å². The van der Waals surface area contributed by atoms with Crippen LogP contribution >= 0.6 is 0 Å². The van der Waals surface area contributed by atoms with Gasteiger partial charge in [-0.25, -0.2) is 0 Å². The van der Waals surface area contributed by atoms with Crippen molar-refractivity contribution in [2.24, 2.45) is 0 Å². The van der Waals surface area contributed by atoms with Gasteiger partial charge in [0, 0.05) is 6.08 Å². The summed E-state index contributed by atoms with van der Waals surface area (Å²) in [5, 5.41) is 11.4. The molecule has 0 aliphatic carbocycles. The predicted molar refractivity (Wildman–Crippen MR) is 82.0 cm³/mol. The number of carbonyl (C=O) groups excluding carboxylic acids is 1. The number of hydrogen-bond acceptors (Lipinski definition) is 2. The number of carbonyl (C=O) groups is 1. The van der Waals surface area contributed by atoms with Crippen LogP contribution < -0.4 is 5.32 Å². The van der Waals surface area contributed by atoms with Gasteiger partial charge in [0.2, 0.25) is 5.91 Å². The van der Waals surface area contributed by atoms with Crippen LogP contribution in [0.25, 0.3) is 6.08 Å². The summed E-state index contributed by atoms with van der Waals surface area (Å²) >= 11 is 0. The minimum Gasteiger partial charge on any atom is -0.337 e. The third kappa shape index (κ3) is 4.89. The molecule has 0 unspecified atom stereocenters. The Morgan fingerprint density at radius 3 is 2.40 bits per heavy atom. The summed E-state index contributed by atoms with van der Waals surface area (Å²) in [6.45, 7) is 8.36. The summed E-state index contributed by atoms with van der Waals surface area (Å²) in [6.07, 6.45) is 3.83. The van der Waals surface area contributed by atoms with Gasteiger partial charge in [0.15, 0.2) is 0 Å². The van der Waals surface area contributed by atoms with E-state index in [1.54, 1.807) is 6.08 Å². The molecule has 0 radical (unpaired) electrons. The molecule has 3 nitrogen and oxygen atoms in total. The van der Waals surface area contributed by atoms with Gasteiger partial charge in [-0.1, -0.05) is 52.0 Å². The van der Waals surface area contributed by atoms with Crippen molar-refractivity contribution >= 4 is 12.0 Å². The Morgan fingerprint density at radius 1 is 1.35 bits per heavy atom. The van der Waals surface area contributed by atoms with Gasteiger partial charge in [0.25, 0.3) is 0 Å². The van der Waals surface area contributed by atoms with Gasteiger partial charge >= 0.3 is 0 Å². The first-order valence-corrected chi connectivity index (χ1v) is 6.85. The predicted octanol–water partition coefficient (Wildman–Crippen LogP) is 3.42. The van der Waals surface area contributed by atoms with Crippen molar-refractivity contribution in [1.29, 1.82) is 5.26 Å². The lowest BCUT2D eigenvalue weighted by atomic mass is 9.87. The molecule has 0 fully saturated rings. The van der Waals surface area contributed by atoms with Crippen LogP contribution in [0, 0.1) is 11.3 Å². The molecular formula is C17H22N2O. The third-order valence-electron chi connectivity index (χ3n) is 3.08. The zero-order valence-electron chi connectivity index (χ0n) is 12.6. The van der Waals surface area contributed by atoms with Gasteiger partial charge in [-0.05, 0) is 29.0 Å². The van der Waals surface area contributed by atoms with Crippen LogP contribution in [0.2, 0.25) is 0 Å². The van der Waals surface area contributed by atoms with E-state index in [-0.39, 0.29) is 11.3 Å². The van der Waals surface area contributed by atoms with E-state index in [9.17, 15) is 4.79 Å². The lowest BCUT2D eigenvalue weighted by molar-refractivity contribution is -0.116. The fourth-order valence-corrected chi connectivity index (χ4v) is 1.71. The number of nitrogens with one attached hydrogen (secondary N) is 1. The summed E-state index contributed by atoms with van der Waals surface area (Å²) in [6, 6.07) is 9.74. The number of benzene rings is 1. The highest BCUT2D eigenvalue weighted by atomic mass is 16.1. The molecule has 0 heterocycles. The molecule has 0 spiro atoms. The molecule has 0 aliphatic rings. The molecular weight excluding hydrogens is 248 g/mol. The molecule has 1 aromatic rings. The summed E-state index contributed by atoms with van der Waals surface area (Å²) in [4.78, 5) is 11.6. The molecule has 20 heavy (non-hydrogen) atoms. The first-order valence-electron chi connectivity index (χ1n) is 6.85.